The van der Waals surface area contributed by atoms with Crippen molar-refractivity contribution in [2.45, 2.75) is 31.3 Å². The van der Waals surface area contributed by atoms with E-state index in [0.717, 1.165) is 4.90 Å². The number of amides is 3. The van der Waals surface area contributed by atoms with Crippen molar-refractivity contribution >= 4 is 28.1 Å². The average Bonchev–Trinajstić information content (AvgIpc) is 3.15. The van der Waals surface area contributed by atoms with Crippen molar-refractivity contribution in [2.24, 2.45) is 0 Å². The lowest BCUT2D eigenvalue weighted by molar-refractivity contribution is -0.128. The van der Waals surface area contributed by atoms with Crippen molar-refractivity contribution in [1.82, 2.24) is 15.3 Å². The number of carbonyl (C=O) groups excluding carboxylic acids is 3. The largest absolute Gasteiger partial charge is 0.469 e. The lowest BCUT2D eigenvalue weighted by atomic mass is 10.0. The summed E-state index contributed by atoms with van der Waals surface area (Å²) in [5.41, 5.74) is 0. The first-order valence-corrected chi connectivity index (χ1v) is 9.20. The molecule has 26 heavy (non-hydrogen) atoms. The number of ketones is 1. The van der Waals surface area contributed by atoms with Crippen molar-refractivity contribution < 1.29 is 36.1 Å². The number of hydrogen-bond donors (Lipinski definition) is 2. The molecular weight excluding hydrogens is 370 g/mol. The van der Waals surface area contributed by atoms with Gasteiger partial charge in [0, 0.05) is 6.54 Å². The first-order chi connectivity index (χ1) is 12.2. The van der Waals surface area contributed by atoms with Crippen molar-refractivity contribution in [3.8, 4) is 0 Å². The summed E-state index contributed by atoms with van der Waals surface area (Å²) in [7, 11) is -4.84. The summed E-state index contributed by atoms with van der Waals surface area (Å²) >= 11 is 0. The quantitative estimate of drug-likeness (QED) is 0.596. The molecular formula is C14H17N3O8S. The van der Waals surface area contributed by atoms with Crippen LogP contribution in [0.5, 0.6) is 0 Å². The van der Waals surface area contributed by atoms with E-state index in [0.29, 0.717) is 17.2 Å². The number of furan rings is 1. The van der Waals surface area contributed by atoms with Crippen LogP contribution >= 0.6 is 0 Å². The zero-order chi connectivity index (χ0) is 18.9. The highest BCUT2D eigenvalue weighted by Crippen LogP contribution is 2.30. The number of nitrogens with one attached hydrogen (secondary N) is 1. The van der Waals surface area contributed by atoms with Gasteiger partial charge in [-0.1, -0.05) is 0 Å². The minimum atomic E-state index is -4.84. The number of nitrogens with zero attached hydrogens (tertiary/aromatic N) is 2. The van der Waals surface area contributed by atoms with Gasteiger partial charge in [0.1, 0.15) is 11.8 Å². The van der Waals surface area contributed by atoms with Gasteiger partial charge in [0.25, 0.3) is 0 Å². The topological polar surface area (TPSA) is 146 Å². The van der Waals surface area contributed by atoms with E-state index in [-0.39, 0.29) is 31.7 Å². The Labute approximate surface area is 148 Å². The molecule has 3 amide bonds. The minimum absolute atomic E-state index is 0.0403. The van der Waals surface area contributed by atoms with Gasteiger partial charge in [-0.05, 0) is 25.0 Å². The summed E-state index contributed by atoms with van der Waals surface area (Å²) in [6, 6.07) is 1.05. The summed E-state index contributed by atoms with van der Waals surface area (Å²) in [5.74, 6) is -0.290. The van der Waals surface area contributed by atoms with E-state index in [1.54, 1.807) is 12.1 Å². The van der Waals surface area contributed by atoms with Gasteiger partial charge in [-0.15, -0.1) is 4.28 Å². The molecule has 2 saturated heterocycles. The number of urea groups is 1. The van der Waals surface area contributed by atoms with E-state index in [1.807, 2.05) is 0 Å². The van der Waals surface area contributed by atoms with Crippen LogP contribution in [0.1, 0.15) is 18.6 Å². The molecule has 1 aromatic heterocycles. The van der Waals surface area contributed by atoms with Crippen LogP contribution in [0.4, 0.5) is 4.79 Å². The molecule has 142 valence electrons. The molecule has 0 saturated carbocycles. The highest BCUT2D eigenvalue weighted by atomic mass is 32.3. The molecule has 3 rings (SSSR count). The smallest absolute Gasteiger partial charge is 0.418 e. The Bertz CT molecular complexity index is 806. The second-order valence-electron chi connectivity index (χ2n) is 6.02. The lowest BCUT2D eigenvalue weighted by Crippen LogP contribution is -2.50. The fourth-order valence-electron chi connectivity index (χ4n) is 3.08. The van der Waals surface area contributed by atoms with Crippen LogP contribution in [-0.4, -0.2) is 65.8 Å². The van der Waals surface area contributed by atoms with Crippen molar-refractivity contribution in [1.29, 1.82) is 0 Å². The maximum absolute atomic E-state index is 12.3. The Morgan fingerprint density at radius 2 is 2.15 bits per heavy atom. The number of Topliss-reactive ketones (excluding diaryl/α,β-unsaturated/α-hetero) is 1. The van der Waals surface area contributed by atoms with Gasteiger partial charge in [0.05, 0.1) is 25.3 Å². The molecule has 2 atom stereocenters. The van der Waals surface area contributed by atoms with Crippen LogP contribution in [0, 0.1) is 0 Å². The Kier molecular flexibility index (Phi) is 4.98. The molecule has 0 unspecified atom stereocenters. The van der Waals surface area contributed by atoms with Gasteiger partial charge in [-0.2, -0.15) is 13.5 Å². The summed E-state index contributed by atoms with van der Waals surface area (Å²) < 4.78 is 39.8. The SMILES string of the molecule is O=C(CNC(=O)[C@@H]1CC[C@@H]2CN1C(=O)N2OS(=O)(=O)O)Cc1ccco1. The normalized spacial score (nSPS) is 22.6. The third-order valence-electron chi connectivity index (χ3n) is 4.21. The van der Waals surface area contributed by atoms with Crippen LogP contribution in [0.25, 0.3) is 0 Å². The Morgan fingerprint density at radius 3 is 2.81 bits per heavy atom. The van der Waals surface area contributed by atoms with Crippen LogP contribution in [0.2, 0.25) is 0 Å². The number of piperidine rings is 1. The van der Waals surface area contributed by atoms with Crippen LogP contribution < -0.4 is 5.32 Å². The highest BCUT2D eigenvalue weighted by molar-refractivity contribution is 7.80. The standard InChI is InChI=1S/C14H17N3O8S/c18-10(6-11-2-1-5-24-11)7-15-13(19)12-4-3-9-8-16(12)14(20)17(9)25-26(21,22)23/h1-2,5,9,12H,3-4,6-8H2,(H,15,19)(H,21,22,23)/t9-,12+/m1/s1. The highest BCUT2D eigenvalue weighted by Gasteiger charge is 2.49. The van der Waals surface area contributed by atoms with Gasteiger partial charge in [-0.25, -0.2) is 4.79 Å². The van der Waals surface area contributed by atoms with E-state index in [9.17, 15) is 22.8 Å². The summed E-state index contributed by atoms with van der Waals surface area (Å²) in [6.45, 7) is -0.125. The van der Waals surface area contributed by atoms with Crippen LogP contribution in [0.3, 0.4) is 0 Å². The predicted molar refractivity (Wildman–Crippen MR) is 83.8 cm³/mol. The van der Waals surface area contributed by atoms with E-state index < -0.39 is 34.4 Å². The third-order valence-corrected chi connectivity index (χ3v) is 4.56. The van der Waals surface area contributed by atoms with E-state index in [4.69, 9.17) is 8.97 Å². The van der Waals surface area contributed by atoms with Crippen LogP contribution in [0.15, 0.2) is 22.8 Å². The number of carbonyl (C=O) groups is 3. The number of rotatable bonds is 7. The molecule has 2 N–H and O–H groups in total. The molecule has 12 heteroatoms. The zero-order valence-electron chi connectivity index (χ0n) is 13.5. The van der Waals surface area contributed by atoms with Crippen molar-refractivity contribution in [3.05, 3.63) is 24.2 Å². The van der Waals surface area contributed by atoms with E-state index >= 15 is 0 Å². The number of hydrogen-bond acceptors (Lipinski definition) is 7. The van der Waals surface area contributed by atoms with E-state index in [2.05, 4.69) is 9.60 Å². The molecule has 0 aliphatic carbocycles. The summed E-state index contributed by atoms with van der Waals surface area (Å²) in [5, 5.41) is 3.04. The van der Waals surface area contributed by atoms with Crippen LogP contribution in [-0.2, 0) is 30.7 Å². The maximum atomic E-state index is 12.3. The van der Waals surface area contributed by atoms with Gasteiger partial charge in [0.2, 0.25) is 5.91 Å². The Hall–Kier alpha value is -2.44. The fraction of sp³-hybridized carbons (Fsp3) is 0.500. The first-order valence-electron chi connectivity index (χ1n) is 7.83. The predicted octanol–water partition coefficient (Wildman–Crippen LogP) is -0.490. The van der Waals surface area contributed by atoms with Gasteiger partial charge in [-0.3, -0.25) is 14.1 Å². The second-order valence-corrected chi connectivity index (χ2v) is 7.03. The third kappa shape index (κ3) is 4.03. The van der Waals surface area contributed by atoms with E-state index in [1.165, 1.54) is 6.26 Å². The first kappa shape index (κ1) is 18.4. The Balaban J connectivity index is 1.56. The van der Waals surface area contributed by atoms with Crippen molar-refractivity contribution in [3.63, 3.8) is 0 Å². The number of hydroxylamine groups is 2. The van der Waals surface area contributed by atoms with Gasteiger partial charge < -0.3 is 14.6 Å². The van der Waals surface area contributed by atoms with Crippen molar-refractivity contribution in [2.75, 3.05) is 13.1 Å². The lowest BCUT2D eigenvalue weighted by Gasteiger charge is -2.29. The zero-order valence-corrected chi connectivity index (χ0v) is 14.3. The minimum Gasteiger partial charge on any atom is -0.469 e. The summed E-state index contributed by atoms with van der Waals surface area (Å²) in [6.07, 6.45) is 2.08. The second kappa shape index (κ2) is 7.05. The van der Waals surface area contributed by atoms with Gasteiger partial charge >= 0.3 is 16.4 Å². The fourth-order valence-corrected chi connectivity index (χ4v) is 3.47. The molecule has 11 nitrogen and oxygen atoms in total. The maximum Gasteiger partial charge on any atom is 0.418 e. The molecule has 0 spiro atoms. The Morgan fingerprint density at radius 1 is 1.38 bits per heavy atom. The molecule has 0 radical (unpaired) electrons. The molecule has 0 aromatic carbocycles. The average molecular weight is 387 g/mol. The molecule has 2 bridgehead atoms. The summed E-state index contributed by atoms with van der Waals surface area (Å²) in [4.78, 5) is 37.6. The monoisotopic (exact) mass is 387 g/mol. The van der Waals surface area contributed by atoms with Gasteiger partial charge in [0.15, 0.2) is 5.78 Å². The molecule has 2 aliphatic heterocycles. The molecule has 2 aliphatic rings. The number of fused-ring (bicyclic) bond motifs is 2. The molecule has 2 fully saturated rings. The molecule has 1 aromatic rings. The molecule has 3 heterocycles.